The third-order valence-electron chi connectivity index (χ3n) is 3.68. The molecule has 0 saturated heterocycles. The van der Waals surface area contributed by atoms with Gasteiger partial charge < -0.3 is 5.73 Å². The Bertz CT molecular complexity index is 215. The summed E-state index contributed by atoms with van der Waals surface area (Å²) in [6.07, 6.45) is 6.88. The molecule has 0 aromatic carbocycles. The molecule has 1 unspecified atom stereocenters. The van der Waals surface area contributed by atoms with E-state index in [0.29, 0.717) is 24.8 Å². The topological polar surface area (TPSA) is 55.6 Å². The lowest BCUT2D eigenvalue weighted by atomic mass is 9.78. The number of carbonyl (C=O) groups excluding carboxylic acids is 1. The Morgan fingerprint density at radius 2 is 2.06 bits per heavy atom. The van der Waals surface area contributed by atoms with Gasteiger partial charge in [0.1, 0.15) is 0 Å². The minimum atomic E-state index is 0.0310. The summed E-state index contributed by atoms with van der Waals surface area (Å²) in [5, 5.41) is 1.30. The number of hydroxylamine groups is 2. The van der Waals surface area contributed by atoms with Crippen LogP contribution in [-0.2, 0) is 9.63 Å². The van der Waals surface area contributed by atoms with E-state index < -0.39 is 0 Å². The molecule has 1 saturated carbocycles. The average molecular weight is 228 g/mol. The smallest absolute Gasteiger partial charge is 0.246 e. The number of nitrogens with zero attached hydrogens (tertiary/aromatic N) is 1. The summed E-state index contributed by atoms with van der Waals surface area (Å²) < 4.78 is 0. The van der Waals surface area contributed by atoms with Crippen molar-refractivity contribution in [3.8, 4) is 0 Å². The zero-order valence-corrected chi connectivity index (χ0v) is 10.4. The molecule has 4 heteroatoms. The molecule has 0 aromatic heterocycles. The Morgan fingerprint density at radius 3 is 2.56 bits per heavy atom. The molecule has 0 radical (unpaired) electrons. The Hall–Kier alpha value is -0.610. The van der Waals surface area contributed by atoms with Gasteiger partial charge in [-0.2, -0.15) is 0 Å². The van der Waals surface area contributed by atoms with Gasteiger partial charge in [0.2, 0.25) is 5.91 Å². The highest BCUT2D eigenvalue weighted by Gasteiger charge is 2.25. The molecular weight excluding hydrogens is 204 g/mol. The first kappa shape index (κ1) is 13.5. The van der Waals surface area contributed by atoms with E-state index in [2.05, 4.69) is 0 Å². The highest BCUT2D eigenvalue weighted by atomic mass is 16.7. The van der Waals surface area contributed by atoms with E-state index >= 15 is 0 Å². The van der Waals surface area contributed by atoms with E-state index in [-0.39, 0.29) is 5.91 Å². The van der Waals surface area contributed by atoms with Crippen molar-refractivity contribution in [2.75, 3.05) is 20.7 Å². The molecule has 2 N–H and O–H groups in total. The Balaban J connectivity index is 2.44. The lowest BCUT2D eigenvalue weighted by Crippen LogP contribution is -2.33. The fourth-order valence-electron chi connectivity index (χ4n) is 2.50. The maximum absolute atomic E-state index is 11.7. The molecule has 1 fully saturated rings. The first-order valence-corrected chi connectivity index (χ1v) is 6.19. The minimum absolute atomic E-state index is 0.0310. The van der Waals surface area contributed by atoms with Crippen molar-refractivity contribution in [2.24, 2.45) is 17.6 Å². The second-order valence-corrected chi connectivity index (χ2v) is 4.67. The summed E-state index contributed by atoms with van der Waals surface area (Å²) in [6, 6.07) is 0. The molecule has 94 valence electrons. The van der Waals surface area contributed by atoms with Crippen molar-refractivity contribution in [1.29, 1.82) is 0 Å². The molecule has 1 aliphatic carbocycles. The summed E-state index contributed by atoms with van der Waals surface area (Å²) in [7, 11) is 3.16. The van der Waals surface area contributed by atoms with Crippen LogP contribution in [0.5, 0.6) is 0 Å². The number of rotatable bonds is 5. The molecule has 0 aromatic rings. The lowest BCUT2D eigenvalue weighted by molar-refractivity contribution is -0.170. The first-order chi connectivity index (χ1) is 7.69. The van der Waals surface area contributed by atoms with Gasteiger partial charge in [0.05, 0.1) is 7.11 Å². The molecule has 0 spiro atoms. The van der Waals surface area contributed by atoms with Gasteiger partial charge in [-0.15, -0.1) is 0 Å². The highest BCUT2D eigenvalue weighted by molar-refractivity contribution is 5.75. The van der Waals surface area contributed by atoms with Crippen LogP contribution in [0.2, 0.25) is 0 Å². The van der Waals surface area contributed by atoms with Gasteiger partial charge in [-0.05, 0) is 18.4 Å². The van der Waals surface area contributed by atoms with E-state index in [4.69, 9.17) is 10.6 Å². The zero-order valence-electron chi connectivity index (χ0n) is 10.4. The quantitative estimate of drug-likeness (QED) is 0.726. The zero-order chi connectivity index (χ0) is 12.0. The summed E-state index contributed by atoms with van der Waals surface area (Å²) >= 11 is 0. The van der Waals surface area contributed by atoms with Crippen molar-refractivity contribution >= 4 is 5.91 Å². The molecule has 1 atom stereocenters. The number of hydrogen-bond donors (Lipinski definition) is 1. The molecule has 16 heavy (non-hydrogen) atoms. The Labute approximate surface area is 98.1 Å². The molecule has 1 rings (SSSR count). The molecule has 0 aliphatic heterocycles. The molecule has 1 aliphatic rings. The first-order valence-electron chi connectivity index (χ1n) is 6.19. The van der Waals surface area contributed by atoms with Gasteiger partial charge >= 0.3 is 0 Å². The van der Waals surface area contributed by atoms with E-state index in [9.17, 15) is 4.79 Å². The van der Waals surface area contributed by atoms with Crippen LogP contribution < -0.4 is 5.73 Å². The number of hydrogen-bond acceptors (Lipinski definition) is 3. The SMILES string of the molecule is CON(C)C(=O)CC(CN)C1CCCCC1. The van der Waals surface area contributed by atoms with Gasteiger partial charge in [0.25, 0.3) is 0 Å². The maximum atomic E-state index is 11.7. The van der Waals surface area contributed by atoms with Gasteiger partial charge in [-0.1, -0.05) is 32.1 Å². The Morgan fingerprint density at radius 1 is 1.44 bits per heavy atom. The fraction of sp³-hybridized carbons (Fsp3) is 0.917. The molecule has 4 nitrogen and oxygen atoms in total. The van der Waals surface area contributed by atoms with Gasteiger partial charge in [0.15, 0.2) is 0 Å². The third kappa shape index (κ3) is 3.76. The molecule has 0 heterocycles. The van der Waals surface area contributed by atoms with Gasteiger partial charge in [0, 0.05) is 13.5 Å². The summed E-state index contributed by atoms with van der Waals surface area (Å²) in [4.78, 5) is 16.6. The molecular formula is C12H24N2O2. The largest absolute Gasteiger partial charge is 0.330 e. The number of carbonyl (C=O) groups is 1. The van der Waals surface area contributed by atoms with Crippen molar-refractivity contribution in [1.82, 2.24) is 5.06 Å². The van der Waals surface area contributed by atoms with E-state index in [1.165, 1.54) is 44.3 Å². The summed E-state index contributed by atoms with van der Waals surface area (Å²) in [6.45, 7) is 0.605. The van der Waals surface area contributed by atoms with Crippen LogP contribution in [0.4, 0.5) is 0 Å². The summed E-state index contributed by atoms with van der Waals surface area (Å²) in [5.41, 5.74) is 5.78. The van der Waals surface area contributed by atoms with Crippen LogP contribution in [0.25, 0.3) is 0 Å². The molecule has 1 amide bonds. The predicted octanol–water partition coefficient (Wildman–Crippen LogP) is 1.55. The standard InChI is InChI=1S/C12H24N2O2/c1-14(16-2)12(15)8-11(9-13)10-6-4-3-5-7-10/h10-11H,3-9,13H2,1-2H3. The van der Waals surface area contributed by atoms with E-state index in [0.717, 1.165) is 0 Å². The number of amides is 1. The number of nitrogens with two attached hydrogens (primary N) is 1. The average Bonchev–Trinajstić information content (AvgIpc) is 2.35. The van der Waals surface area contributed by atoms with Crippen LogP contribution in [-0.4, -0.2) is 31.7 Å². The second-order valence-electron chi connectivity index (χ2n) is 4.67. The van der Waals surface area contributed by atoms with Crippen LogP contribution in [0.15, 0.2) is 0 Å². The third-order valence-corrected chi connectivity index (χ3v) is 3.68. The van der Waals surface area contributed by atoms with Crippen LogP contribution in [0.3, 0.4) is 0 Å². The van der Waals surface area contributed by atoms with Gasteiger partial charge in [-0.25, -0.2) is 5.06 Å². The Kier molecular flexibility index (Phi) is 5.77. The van der Waals surface area contributed by atoms with E-state index in [1.807, 2.05) is 0 Å². The lowest BCUT2D eigenvalue weighted by Gasteiger charge is -2.29. The van der Waals surface area contributed by atoms with Crippen LogP contribution >= 0.6 is 0 Å². The van der Waals surface area contributed by atoms with E-state index in [1.54, 1.807) is 7.05 Å². The second kappa shape index (κ2) is 6.86. The van der Waals surface area contributed by atoms with Crippen molar-refractivity contribution in [3.05, 3.63) is 0 Å². The fourth-order valence-corrected chi connectivity index (χ4v) is 2.50. The minimum Gasteiger partial charge on any atom is -0.330 e. The highest BCUT2D eigenvalue weighted by Crippen LogP contribution is 2.31. The maximum Gasteiger partial charge on any atom is 0.246 e. The monoisotopic (exact) mass is 228 g/mol. The molecule has 0 bridgehead atoms. The summed E-state index contributed by atoms with van der Waals surface area (Å²) in [5.74, 6) is 0.988. The predicted molar refractivity (Wildman–Crippen MR) is 63.5 cm³/mol. The van der Waals surface area contributed by atoms with Crippen molar-refractivity contribution < 1.29 is 9.63 Å². The van der Waals surface area contributed by atoms with Gasteiger partial charge in [-0.3, -0.25) is 9.63 Å². The van der Waals surface area contributed by atoms with Crippen molar-refractivity contribution in [3.63, 3.8) is 0 Å². The normalized spacial score (nSPS) is 19.4. The van der Waals surface area contributed by atoms with Crippen molar-refractivity contribution in [2.45, 2.75) is 38.5 Å². The van der Waals surface area contributed by atoms with Crippen LogP contribution in [0.1, 0.15) is 38.5 Å². The van der Waals surface area contributed by atoms with Crippen LogP contribution in [0, 0.1) is 11.8 Å².